The van der Waals surface area contributed by atoms with Crippen LogP contribution in [0.5, 0.6) is 0 Å². The molecule has 1 unspecified atom stereocenters. The summed E-state index contributed by atoms with van der Waals surface area (Å²) >= 11 is 0. The molecule has 0 amide bonds. The summed E-state index contributed by atoms with van der Waals surface area (Å²) in [6, 6.07) is 2.36. The van der Waals surface area contributed by atoms with E-state index in [9.17, 15) is 0 Å². The molecule has 0 spiro atoms. The molecule has 0 aliphatic heterocycles. The average molecular weight is 193 g/mol. The zero-order valence-electron chi connectivity index (χ0n) is 8.96. The second-order valence-electron chi connectivity index (χ2n) is 3.76. The molecule has 0 saturated heterocycles. The van der Waals surface area contributed by atoms with Crippen molar-refractivity contribution in [2.24, 2.45) is 5.73 Å². The highest BCUT2D eigenvalue weighted by atomic mass is 14.8. The maximum absolute atomic E-state index is 5.85. The van der Waals surface area contributed by atoms with Crippen molar-refractivity contribution in [3.05, 3.63) is 23.4 Å². The second kappa shape index (κ2) is 4.96. The number of anilines is 1. The standard InChI is InChI=1S/C11H19N3/c1-3-10(12)5-4-9-6-8(2)7-14-11(9)13/h6-7,10H,3-5,12H2,1-2H3,(H2,13,14). The molecule has 1 aromatic heterocycles. The summed E-state index contributed by atoms with van der Waals surface area (Å²) in [4.78, 5) is 4.12. The van der Waals surface area contributed by atoms with E-state index in [-0.39, 0.29) is 6.04 Å². The minimum absolute atomic E-state index is 0.273. The van der Waals surface area contributed by atoms with Crippen molar-refractivity contribution in [2.75, 3.05) is 5.73 Å². The number of pyridine rings is 1. The molecule has 1 rings (SSSR count). The van der Waals surface area contributed by atoms with Gasteiger partial charge in [0, 0.05) is 12.2 Å². The normalized spacial score (nSPS) is 12.8. The van der Waals surface area contributed by atoms with Gasteiger partial charge in [0.05, 0.1) is 0 Å². The molecule has 0 saturated carbocycles. The molecular formula is C11H19N3. The first-order chi connectivity index (χ1) is 6.63. The molecule has 14 heavy (non-hydrogen) atoms. The molecule has 0 aliphatic carbocycles. The zero-order valence-corrected chi connectivity index (χ0v) is 8.96. The molecule has 3 heteroatoms. The van der Waals surface area contributed by atoms with Gasteiger partial charge in [-0.15, -0.1) is 0 Å². The van der Waals surface area contributed by atoms with Crippen LogP contribution in [-0.4, -0.2) is 11.0 Å². The molecule has 1 atom stereocenters. The van der Waals surface area contributed by atoms with Gasteiger partial charge in [-0.05, 0) is 37.3 Å². The van der Waals surface area contributed by atoms with Crippen LogP contribution in [-0.2, 0) is 6.42 Å². The summed E-state index contributed by atoms with van der Waals surface area (Å²) in [6.45, 7) is 4.12. The van der Waals surface area contributed by atoms with Crippen LogP contribution < -0.4 is 11.5 Å². The third-order valence-electron chi connectivity index (χ3n) is 2.45. The Balaban J connectivity index is 2.62. The Morgan fingerprint density at radius 2 is 2.21 bits per heavy atom. The Kier molecular flexibility index (Phi) is 3.89. The summed E-state index contributed by atoms with van der Waals surface area (Å²) in [6.07, 6.45) is 4.71. The lowest BCUT2D eigenvalue weighted by Crippen LogP contribution is -2.19. The van der Waals surface area contributed by atoms with Crippen molar-refractivity contribution in [3.63, 3.8) is 0 Å². The number of hydrogen-bond donors (Lipinski definition) is 2. The van der Waals surface area contributed by atoms with Crippen molar-refractivity contribution in [1.82, 2.24) is 4.98 Å². The van der Waals surface area contributed by atoms with Gasteiger partial charge in [-0.2, -0.15) is 0 Å². The largest absolute Gasteiger partial charge is 0.383 e. The fourth-order valence-corrected chi connectivity index (χ4v) is 1.39. The molecule has 1 aromatic rings. The Bertz CT molecular complexity index is 297. The van der Waals surface area contributed by atoms with E-state index < -0.39 is 0 Å². The van der Waals surface area contributed by atoms with Crippen LogP contribution in [0.15, 0.2) is 12.3 Å². The van der Waals surface area contributed by atoms with Gasteiger partial charge >= 0.3 is 0 Å². The third kappa shape index (κ3) is 3.00. The van der Waals surface area contributed by atoms with Gasteiger partial charge in [-0.25, -0.2) is 4.98 Å². The van der Waals surface area contributed by atoms with E-state index in [0.717, 1.165) is 30.4 Å². The second-order valence-corrected chi connectivity index (χ2v) is 3.76. The number of nitrogen functional groups attached to an aromatic ring is 1. The van der Waals surface area contributed by atoms with Crippen LogP contribution in [0.1, 0.15) is 30.9 Å². The number of aryl methyl sites for hydroxylation is 2. The molecule has 1 heterocycles. The fraction of sp³-hybridized carbons (Fsp3) is 0.545. The lowest BCUT2D eigenvalue weighted by molar-refractivity contribution is 0.596. The van der Waals surface area contributed by atoms with E-state index in [4.69, 9.17) is 11.5 Å². The predicted octanol–water partition coefficient (Wildman–Crippen LogP) is 1.64. The first kappa shape index (κ1) is 11.0. The molecule has 3 nitrogen and oxygen atoms in total. The molecule has 0 fully saturated rings. The van der Waals surface area contributed by atoms with Crippen LogP contribution >= 0.6 is 0 Å². The van der Waals surface area contributed by atoms with E-state index in [1.807, 2.05) is 6.92 Å². The molecule has 0 radical (unpaired) electrons. The first-order valence-corrected chi connectivity index (χ1v) is 5.10. The van der Waals surface area contributed by atoms with Crippen molar-refractivity contribution in [1.29, 1.82) is 0 Å². The lowest BCUT2D eigenvalue weighted by Gasteiger charge is -2.09. The summed E-state index contributed by atoms with van der Waals surface area (Å²) in [5.74, 6) is 0.638. The molecule has 0 aromatic carbocycles. The van der Waals surface area contributed by atoms with Gasteiger partial charge in [-0.1, -0.05) is 13.0 Å². The van der Waals surface area contributed by atoms with E-state index in [1.165, 1.54) is 0 Å². The summed E-state index contributed by atoms with van der Waals surface area (Å²) < 4.78 is 0. The van der Waals surface area contributed by atoms with Crippen molar-refractivity contribution < 1.29 is 0 Å². The van der Waals surface area contributed by atoms with Crippen molar-refractivity contribution in [3.8, 4) is 0 Å². The highest BCUT2D eigenvalue weighted by Crippen LogP contribution is 2.13. The average Bonchev–Trinajstić information content (AvgIpc) is 2.19. The predicted molar refractivity (Wildman–Crippen MR) is 60.0 cm³/mol. The maximum Gasteiger partial charge on any atom is 0.126 e. The van der Waals surface area contributed by atoms with Crippen LogP contribution in [0.4, 0.5) is 5.82 Å². The van der Waals surface area contributed by atoms with Gasteiger partial charge in [0.25, 0.3) is 0 Å². The van der Waals surface area contributed by atoms with Gasteiger partial charge in [0.15, 0.2) is 0 Å². The Morgan fingerprint density at radius 3 is 2.86 bits per heavy atom. The topological polar surface area (TPSA) is 64.9 Å². The SMILES string of the molecule is CCC(N)CCc1cc(C)cnc1N. The Labute approximate surface area is 85.5 Å². The Hall–Kier alpha value is -1.09. The van der Waals surface area contributed by atoms with Crippen LogP contribution in [0.2, 0.25) is 0 Å². The van der Waals surface area contributed by atoms with E-state index >= 15 is 0 Å². The zero-order chi connectivity index (χ0) is 10.6. The van der Waals surface area contributed by atoms with Crippen molar-refractivity contribution in [2.45, 2.75) is 39.2 Å². The molecule has 0 aliphatic rings. The minimum Gasteiger partial charge on any atom is -0.383 e. The number of hydrogen-bond acceptors (Lipinski definition) is 3. The molecule has 78 valence electrons. The first-order valence-electron chi connectivity index (χ1n) is 5.10. The molecular weight excluding hydrogens is 174 g/mol. The van der Waals surface area contributed by atoms with Gasteiger partial charge in [0.2, 0.25) is 0 Å². The third-order valence-corrected chi connectivity index (χ3v) is 2.45. The van der Waals surface area contributed by atoms with Crippen molar-refractivity contribution >= 4 is 5.82 Å². The monoisotopic (exact) mass is 193 g/mol. The summed E-state index contributed by atoms with van der Waals surface area (Å²) in [5.41, 5.74) is 13.9. The van der Waals surface area contributed by atoms with E-state index in [1.54, 1.807) is 6.20 Å². The molecule has 4 N–H and O–H groups in total. The van der Waals surface area contributed by atoms with E-state index in [0.29, 0.717) is 5.82 Å². The highest BCUT2D eigenvalue weighted by molar-refractivity contribution is 5.40. The smallest absolute Gasteiger partial charge is 0.126 e. The Morgan fingerprint density at radius 1 is 1.50 bits per heavy atom. The highest BCUT2D eigenvalue weighted by Gasteiger charge is 2.04. The van der Waals surface area contributed by atoms with E-state index in [2.05, 4.69) is 18.0 Å². The van der Waals surface area contributed by atoms with Gasteiger partial charge in [0.1, 0.15) is 5.82 Å². The van der Waals surface area contributed by atoms with Crippen LogP contribution in [0.3, 0.4) is 0 Å². The van der Waals surface area contributed by atoms with Crippen LogP contribution in [0.25, 0.3) is 0 Å². The quantitative estimate of drug-likeness (QED) is 0.764. The number of nitrogens with zero attached hydrogens (tertiary/aromatic N) is 1. The fourth-order valence-electron chi connectivity index (χ4n) is 1.39. The van der Waals surface area contributed by atoms with Gasteiger partial charge in [-0.3, -0.25) is 0 Å². The number of rotatable bonds is 4. The molecule has 0 bridgehead atoms. The summed E-state index contributed by atoms with van der Waals surface area (Å²) in [5, 5.41) is 0. The minimum atomic E-state index is 0.273. The maximum atomic E-state index is 5.85. The summed E-state index contributed by atoms with van der Waals surface area (Å²) in [7, 11) is 0. The lowest BCUT2D eigenvalue weighted by atomic mass is 10.0. The number of nitrogens with two attached hydrogens (primary N) is 2. The number of aromatic nitrogens is 1. The van der Waals surface area contributed by atoms with Gasteiger partial charge < -0.3 is 11.5 Å². The van der Waals surface area contributed by atoms with Crippen LogP contribution in [0, 0.1) is 6.92 Å².